The van der Waals surface area contributed by atoms with E-state index in [0.29, 0.717) is 62.9 Å². The first-order valence-electron chi connectivity index (χ1n) is 25.1. The predicted molar refractivity (Wildman–Crippen MR) is 272 cm³/mol. The summed E-state index contributed by atoms with van der Waals surface area (Å²) in [6.45, 7) is 4.78. The van der Waals surface area contributed by atoms with Crippen molar-refractivity contribution in [2.24, 2.45) is 0 Å². The van der Waals surface area contributed by atoms with Crippen LogP contribution in [0.15, 0.2) is 49.1 Å². The summed E-state index contributed by atoms with van der Waals surface area (Å²) in [5.41, 5.74) is 1.75. The van der Waals surface area contributed by atoms with E-state index >= 15 is 0 Å². The number of benzene rings is 2. The number of imidazole rings is 1. The Kier molecular flexibility index (Phi) is 24.7. The topological polar surface area (TPSA) is 477 Å². The molecule has 0 bridgehead atoms. The molecular weight excluding hydrogens is 1140 g/mol. The molecular formula is C45H60N11O22P3-4. The minimum Gasteiger partial charge on any atom is -0.790 e. The van der Waals surface area contributed by atoms with Crippen LogP contribution in [0.5, 0.6) is 0 Å². The van der Waals surface area contributed by atoms with Crippen LogP contribution >= 0.6 is 23.5 Å². The zero-order chi connectivity index (χ0) is 59.5. The second-order valence-electron chi connectivity index (χ2n) is 18.2. The lowest BCUT2D eigenvalue weighted by Crippen LogP contribution is -2.30. The van der Waals surface area contributed by atoms with E-state index in [-0.39, 0.29) is 78.2 Å². The molecule has 7 atom stereocenters. The van der Waals surface area contributed by atoms with Crippen LogP contribution in [0.25, 0.3) is 11.2 Å². The summed E-state index contributed by atoms with van der Waals surface area (Å²) in [6, 6.07) is 8.95. The first-order chi connectivity index (χ1) is 38.2. The number of esters is 1. The number of nitrogens with zero attached hydrogens (tertiary/aromatic N) is 6. The number of aliphatic hydroxyl groups excluding tert-OH is 1. The maximum absolute atomic E-state index is 12.7. The van der Waals surface area contributed by atoms with Crippen molar-refractivity contribution >= 4 is 75.7 Å². The van der Waals surface area contributed by atoms with Gasteiger partial charge in [-0.05, 0) is 69.3 Å². The molecule has 1 saturated heterocycles. The molecule has 2 aromatic heterocycles. The van der Waals surface area contributed by atoms with Gasteiger partial charge in [-0.25, -0.2) is 24.1 Å². The predicted octanol–water partition coefficient (Wildman–Crippen LogP) is 2.27. The molecule has 1 aliphatic heterocycles. The molecule has 6 N–H and O–H groups in total. The van der Waals surface area contributed by atoms with E-state index in [2.05, 4.69) is 54.7 Å². The smallest absolute Gasteiger partial charge is 0.407 e. The van der Waals surface area contributed by atoms with E-state index in [9.17, 15) is 77.8 Å². The molecule has 0 aliphatic carbocycles. The van der Waals surface area contributed by atoms with Gasteiger partial charge < -0.3 is 74.6 Å². The van der Waals surface area contributed by atoms with Gasteiger partial charge in [-0.15, -0.1) is 0 Å². The van der Waals surface area contributed by atoms with Crippen molar-refractivity contribution in [3.63, 3.8) is 0 Å². The number of hydrogen-bond donors (Lipinski definition) is 6. The number of nitro benzene ring substituents is 2. The second kappa shape index (κ2) is 30.6. The summed E-state index contributed by atoms with van der Waals surface area (Å²) in [6.07, 6.45) is 0.769. The van der Waals surface area contributed by atoms with E-state index in [4.69, 9.17) is 14.2 Å². The zero-order valence-corrected chi connectivity index (χ0v) is 46.5. The van der Waals surface area contributed by atoms with E-state index < -0.39 is 82.6 Å². The largest absolute Gasteiger partial charge is 0.790 e. The maximum atomic E-state index is 12.7. The Bertz CT molecular complexity index is 3000. The Morgan fingerprint density at radius 2 is 1.37 bits per heavy atom. The number of rotatable bonds is 34. The van der Waals surface area contributed by atoms with Crippen LogP contribution in [0.4, 0.5) is 22.0 Å². The van der Waals surface area contributed by atoms with E-state index in [1.54, 1.807) is 19.1 Å². The van der Waals surface area contributed by atoms with Gasteiger partial charge in [-0.2, -0.15) is 0 Å². The molecule has 3 amide bonds. The number of nitro groups is 2. The number of fused-ring (bicyclic) bond motifs is 1. The standard InChI is InChI=1S/C45H64N11O22P3/c1-28(74-30(3)57)33-19-31(12-14-35(33)55(62)63)22-46-16-8-6-7-11-39(59)49-23-32-13-15-36(56(64)65)34(20-32)29(2)75-45(61)48-18-10-5-4-9-17-47-40(60)24-50-43-42-44(52-26-51-43)54(27-53-42)41-21-37(58)38(76-41)25-73-80(69,70)78-81(71,72)77-79(66,67)68/h12-15,19-20,26-29,37-38,41,46,58H,4-11,16-18,21-25H2,1-3H3,(H,47,60)(H,48,61)(H,49,59)(H,69,70)(H,71,72)(H,50,51,52)(H2,66,67,68)/p-4. The van der Waals surface area contributed by atoms with Crippen molar-refractivity contribution in [3.8, 4) is 0 Å². The highest BCUT2D eigenvalue weighted by Crippen LogP contribution is 2.60. The van der Waals surface area contributed by atoms with Crippen LogP contribution < -0.4 is 46.2 Å². The highest BCUT2D eigenvalue weighted by Gasteiger charge is 2.37. The summed E-state index contributed by atoms with van der Waals surface area (Å²) in [4.78, 5) is 128. The fraction of sp³-hybridized carbons (Fsp3) is 0.533. The number of anilines is 1. The van der Waals surface area contributed by atoms with Gasteiger partial charge >= 0.3 is 12.1 Å². The molecule has 36 heteroatoms. The van der Waals surface area contributed by atoms with Gasteiger partial charge in [0.15, 0.2) is 17.0 Å². The first kappa shape index (κ1) is 65.4. The summed E-state index contributed by atoms with van der Waals surface area (Å²) in [7, 11) is -18.2. The van der Waals surface area contributed by atoms with Crippen molar-refractivity contribution in [3.05, 3.63) is 91.5 Å². The molecule has 1 fully saturated rings. The van der Waals surface area contributed by atoms with Gasteiger partial charge in [-0.3, -0.25) is 52.6 Å². The molecule has 2 aromatic carbocycles. The normalized spacial score (nSPS) is 17.5. The molecule has 446 valence electrons. The minimum absolute atomic E-state index is 0.0824. The van der Waals surface area contributed by atoms with Crippen molar-refractivity contribution < 1.29 is 94.8 Å². The average molecular weight is 1200 g/mol. The number of ether oxygens (including phenoxy) is 3. The van der Waals surface area contributed by atoms with Gasteiger partial charge in [0.25, 0.3) is 27.0 Å². The number of aliphatic hydroxyl groups is 1. The van der Waals surface area contributed by atoms with Crippen LogP contribution in [-0.2, 0) is 68.5 Å². The number of phosphoric ester groups is 1. The van der Waals surface area contributed by atoms with Crippen molar-refractivity contribution in [1.82, 2.24) is 40.8 Å². The van der Waals surface area contributed by atoms with Crippen molar-refractivity contribution in [1.29, 1.82) is 0 Å². The molecule has 4 aromatic rings. The van der Waals surface area contributed by atoms with Crippen LogP contribution in [-0.4, -0.2) is 103 Å². The molecule has 7 unspecified atom stereocenters. The van der Waals surface area contributed by atoms with E-state index in [1.165, 1.54) is 49.0 Å². The fourth-order valence-corrected chi connectivity index (χ4v) is 11.0. The molecule has 81 heavy (non-hydrogen) atoms. The third-order valence-electron chi connectivity index (χ3n) is 11.9. The molecule has 33 nitrogen and oxygen atoms in total. The molecule has 5 rings (SSSR count). The van der Waals surface area contributed by atoms with Crippen molar-refractivity contribution in [2.45, 2.75) is 122 Å². The summed E-state index contributed by atoms with van der Waals surface area (Å²) in [5, 5.41) is 48.1. The highest BCUT2D eigenvalue weighted by atomic mass is 31.3. The molecule has 0 radical (unpaired) electrons. The molecule has 1 aliphatic rings. The highest BCUT2D eigenvalue weighted by molar-refractivity contribution is 7.64. The number of amides is 3. The van der Waals surface area contributed by atoms with Crippen LogP contribution in [0.2, 0.25) is 0 Å². The Hall–Kier alpha value is -6.44. The van der Waals surface area contributed by atoms with Crippen LogP contribution in [0.3, 0.4) is 0 Å². The van der Waals surface area contributed by atoms with Gasteiger partial charge in [0.1, 0.15) is 30.9 Å². The Labute approximate surface area is 462 Å². The SMILES string of the molecule is CC(=O)OC(C)c1cc(CNCCCCCC(=O)NCc2ccc([N+](=O)[O-])c(C(C)OC(=O)NCCCCCCNC(=O)CNc3ncnc4c3ncn4C3CC(O)C(COP(=O)([O-])OP(=O)([O-])OP(=O)([O-])[O-])O3)c2)ccc1[N+](=O)[O-]. The number of unbranched alkanes of at least 4 members (excludes halogenated alkanes) is 5. The monoisotopic (exact) mass is 1200 g/mol. The third-order valence-corrected chi connectivity index (χ3v) is 15.6. The van der Waals surface area contributed by atoms with Crippen LogP contribution in [0, 0.1) is 20.2 Å². The third kappa shape index (κ3) is 21.8. The number of phosphoric acid groups is 3. The lowest BCUT2D eigenvalue weighted by Gasteiger charge is -2.37. The molecule has 0 spiro atoms. The fourth-order valence-electron chi connectivity index (χ4n) is 8.15. The quantitative estimate of drug-likeness (QED) is 0.0128. The summed E-state index contributed by atoms with van der Waals surface area (Å²) >= 11 is 0. The average Bonchev–Trinajstić information content (AvgIpc) is 4.07. The van der Waals surface area contributed by atoms with Crippen LogP contribution in [0.1, 0.15) is 119 Å². The molecule has 0 saturated carbocycles. The van der Waals surface area contributed by atoms with E-state index in [1.807, 2.05) is 0 Å². The minimum atomic E-state index is -6.19. The van der Waals surface area contributed by atoms with Gasteiger partial charge in [-0.1, -0.05) is 31.4 Å². The zero-order valence-electron chi connectivity index (χ0n) is 43.9. The lowest BCUT2D eigenvalue weighted by molar-refractivity contribution is -0.386. The van der Waals surface area contributed by atoms with Gasteiger partial charge in [0.05, 0.1) is 54.4 Å². The Morgan fingerprint density at radius 1 is 0.765 bits per heavy atom. The summed E-state index contributed by atoms with van der Waals surface area (Å²) < 4.78 is 62.6. The number of alkyl carbamates (subject to hydrolysis) is 1. The Balaban J connectivity index is 0.934. The number of aromatic nitrogens is 4. The second-order valence-corrected chi connectivity index (χ2v) is 22.4. The van der Waals surface area contributed by atoms with E-state index in [0.717, 1.165) is 24.7 Å². The molecule has 3 heterocycles. The number of carbonyl (C=O) groups is 4. The first-order valence-corrected chi connectivity index (χ1v) is 29.5. The number of hydrogen-bond acceptors (Lipinski definition) is 27. The van der Waals surface area contributed by atoms with Crippen molar-refractivity contribution in [2.75, 3.05) is 38.1 Å². The van der Waals surface area contributed by atoms with Gasteiger partial charge in [0, 0.05) is 58.1 Å². The summed E-state index contributed by atoms with van der Waals surface area (Å²) in [5.74, 6) is -0.987. The maximum Gasteiger partial charge on any atom is 0.407 e. The number of carbonyl (C=O) groups excluding carboxylic acids is 4. The number of nitrogens with one attached hydrogen (secondary N) is 5. The Morgan fingerprint density at radius 3 is 2.00 bits per heavy atom. The lowest BCUT2D eigenvalue weighted by atomic mass is 10.0. The van der Waals surface area contributed by atoms with Gasteiger partial charge in [0.2, 0.25) is 11.8 Å².